The van der Waals surface area contributed by atoms with Crippen LogP contribution in [-0.4, -0.2) is 57.6 Å². The molecule has 2 N–H and O–H groups in total. The third-order valence-corrected chi connectivity index (χ3v) is 9.80. The van der Waals surface area contributed by atoms with Gasteiger partial charge in [-0.3, -0.25) is 18.9 Å². The van der Waals surface area contributed by atoms with Crippen LogP contribution in [0.1, 0.15) is 61.5 Å². The molecule has 9 heteroatoms. The van der Waals surface area contributed by atoms with Gasteiger partial charge in [0.1, 0.15) is 0 Å². The monoisotopic (exact) mass is 651 g/mol. The number of amides is 3. The third-order valence-electron chi connectivity index (χ3n) is 8.06. The van der Waals surface area contributed by atoms with Crippen molar-refractivity contribution in [1.29, 1.82) is 0 Å². The highest BCUT2D eigenvalue weighted by molar-refractivity contribution is 14.1. The number of hydrogen-bond acceptors (Lipinski definition) is 3. The Labute approximate surface area is 244 Å². The summed E-state index contributed by atoms with van der Waals surface area (Å²) < 4.78 is 14.6. The number of nitrogens with zero attached hydrogens (tertiary/aromatic N) is 2. The van der Waals surface area contributed by atoms with Gasteiger partial charge in [0.05, 0.1) is 25.2 Å². The van der Waals surface area contributed by atoms with E-state index in [9.17, 15) is 18.8 Å². The molecule has 39 heavy (non-hydrogen) atoms. The number of carbonyl (C=O) groups is 3. The quantitative estimate of drug-likeness (QED) is 0.199. The molecule has 2 aromatic rings. The molecule has 3 unspecified atom stereocenters. The number of carboxylic acids is 1. The second-order valence-electron chi connectivity index (χ2n) is 11.2. The summed E-state index contributed by atoms with van der Waals surface area (Å²) >= 11 is 2.26. The summed E-state index contributed by atoms with van der Waals surface area (Å²) in [5.41, 5.74) is 2.42. The highest BCUT2D eigenvalue weighted by atomic mass is 127. The standard InChI is InChI=1S/C30H39FIN3O4/c1-21-5-11-25(12-6-21)34-20-30(4,15-13-22(2)29(3,18-31)19-32)35(28(34)39)17-23-7-9-24(10-8-23)27(38)33-16-14-26(36)37/h5-12,22H,13-20H2,1-4H3,(H,33,38)(H,36,37). The number of benzene rings is 2. The number of anilines is 1. The molecule has 0 saturated carbocycles. The van der Waals surface area contributed by atoms with Crippen LogP contribution in [0.5, 0.6) is 0 Å². The van der Waals surface area contributed by atoms with Crippen molar-refractivity contribution in [3.05, 3.63) is 65.2 Å². The number of carbonyl (C=O) groups excluding carboxylic acids is 2. The van der Waals surface area contributed by atoms with Crippen LogP contribution < -0.4 is 10.2 Å². The number of nitrogens with one attached hydrogen (secondary N) is 1. The summed E-state index contributed by atoms with van der Waals surface area (Å²) in [4.78, 5) is 40.5. The lowest BCUT2D eigenvalue weighted by atomic mass is 9.76. The minimum absolute atomic E-state index is 0.0584. The largest absolute Gasteiger partial charge is 0.481 e. The van der Waals surface area contributed by atoms with Gasteiger partial charge in [0.15, 0.2) is 0 Å². The summed E-state index contributed by atoms with van der Waals surface area (Å²) in [5.74, 6) is -1.15. The van der Waals surface area contributed by atoms with Crippen LogP contribution in [0.15, 0.2) is 48.5 Å². The molecule has 2 aromatic carbocycles. The van der Waals surface area contributed by atoms with Crippen molar-refractivity contribution >= 4 is 46.2 Å². The summed E-state index contributed by atoms with van der Waals surface area (Å²) in [5, 5.41) is 11.4. The Morgan fingerprint density at radius 3 is 2.38 bits per heavy atom. The summed E-state index contributed by atoms with van der Waals surface area (Å²) in [6.07, 6.45) is 1.39. The lowest BCUT2D eigenvalue weighted by Crippen LogP contribution is -2.45. The molecule has 1 heterocycles. The number of carboxylic acid groups (broad SMARTS) is 1. The number of urea groups is 1. The molecule has 0 aromatic heterocycles. The third kappa shape index (κ3) is 7.49. The summed E-state index contributed by atoms with van der Waals surface area (Å²) in [7, 11) is 0. The van der Waals surface area contributed by atoms with Gasteiger partial charge in [-0.2, -0.15) is 0 Å². The van der Waals surface area contributed by atoms with Crippen molar-refractivity contribution in [3.63, 3.8) is 0 Å². The van der Waals surface area contributed by atoms with E-state index in [1.165, 1.54) is 0 Å². The van der Waals surface area contributed by atoms with Gasteiger partial charge in [-0.1, -0.05) is 66.3 Å². The van der Waals surface area contributed by atoms with Crippen molar-refractivity contribution in [1.82, 2.24) is 10.2 Å². The fourth-order valence-corrected chi connectivity index (χ4v) is 5.73. The van der Waals surface area contributed by atoms with E-state index in [0.29, 0.717) is 18.7 Å². The maximum Gasteiger partial charge on any atom is 0.325 e. The first kappa shape index (κ1) is 30.8. The Kier molecular flexibility index (Phi) is 10.4. The maximum absolute atomic E-state index is 13.9. The maximum atomic E-state index is 13.9. The second-order valence-corrected chi connectivity index (χ2v) is 12.0. The average molecular weight is 652 g/mol. The van der Waals surface area contributed by atoms with Crippen LogP contribution in [-0.2, 0) is 11.3 Å². The van der Waals surface area contributed by atoms with Crippen molar-refractivity contribution in [2.24, 2.45) is 11.3 Å². The molecule has 1 saturated heterocycles. The van der Waals surface area contributed by atoms with Crippen molar-refractivity contribution in [2.75, 3.05) is 29.1 Å². The first-order chi connectivity index (χ1) is 18.4. The van der Waals surface area contributed by atoms with Gasteiger partial charge < -0.3 is 15.3 Å². The fourth-order valence-electron chi connectivity index (χ4n) is 4.77. The van der Waals surface area contributed by atoms with Gasteiger partial charge >= 0.3 is 12.0 Å². The first-order valence-corrected chi connectivity index (χ1v) is 14.8. The van der Waals surface area contributed by atoms with E-state index in [2.05, 4.69) is 41.8 Å². The molecule has 0 aliphatic carbocycles. The SMILES string of the molecule is Cc1ccc(N2CC(C)(CCC(C)C(C)(CF)CI)N(Cc3ccc(C(=O)NCCC(=O)O)cc3)C2=O)cc1. The molecule has 1 aliphatic heterocycles. The minimum Gasteiger partial charge on any atom is -0.481 e. The number of alkyl halides is 2. The topological polar surface area (TPSA) is 89.9 Å². The fraction of sp³-hybridized carbons (Fsp3) is 0.500. The molecule has 3 atom stereocenters. The van der Waals surface area contributed by atoms with E-state index < -0.39 is 16.9 Å². The Balaban J connectivity index is 1.81. The molecule has 3 amide bonds. The van der Waals surface area contributed by atoms with Crippen molar-refractivity contribution in [3.8, 4) is 0 Å². The van der Waals surface area contributed by atoms with Crippen LogP contribution in [0.2, 0.25) is 0 Å². The zero-order valence-electron chi connectivity index (χ0n) is 23.2. The molecule has 1 aliphatic rings. The Morgan fingerprint density at radius 1 is 1.18 bits per heavy atom. The Morgan fingerprint density at radius 2 is 1.82 bits per heavy atom. The van der Waals surface area contributed by atoms with Crippen molar-refractivity contribution in [2.45, 2.75) is 59.0 Å². The van der Waals surface area contributed by atoms with Crippen LogP contribution in [0.25, 0.3) is 0 Å². The highest BCUT2D eigenvalue weighted by Gasteiger charge is 2.47. The molecule has 1 fully saturated rings. The van der Waals surface area contributed by atoms with Crippen LogP contribution in [0.4, 0.5) is 14.9 Å². The Hall–Kier alpha value is -2.69. The molecule has 3 rings (SSSR count). The molecule has 212 valence electrons. The predicted molar refractivity (Wildman–Crippen MR) is 160 cm³/mol. The van der Waals surface area contributed by atoms with Gasteiger partial charge in [0.25, 0.3) is 5.91 Å². The first-order valence-electron chi connectivity index (χ1n) is 13.3. The number of aryl methyl sites for hydroxylation is 1. The van der Waals surface area contributed by atoms with Crippen molar-refractivity contribution < 1.29 is 23.9 Å². The second kappa shape index (κ2) is 13.1. The molecule has 0 bridgehead atoms. The van der Waals surface area contributed by atoms with Crippen LogP contribution >= 0.6 is 22.6 Å². The van der Waals surface area contributed by atoms with Gasteiger partial charge in [-0.05, 0) is 62.4 Å². The van der Waals surface area contributed by atoms with Gasteiger partial charge in [0.2, 0.25) is 0 Å². The van der Waals surface area contributed by atoms with Gasteiger partial charge in [-0.15, -0.1) is 0 Å². The normalized spacial score (nSPS) is 19.6. The molecule has 0 radical (unpaired) electrons. The molecular formula is C30H39FIN3O4. The van der Waals surface area contributed by atoms with Gasteiger partial charge in [-0.25, -0.2) is 4.79 Å². The number of rotatable bonds is 13. The zero-order chi connectivity index (χ0) is 28.8. The van der Waals surface area contributed by atoms with E-state index >= 15 is 0 Å². The zero-order valence-corrected chi connectivity index (χ0v) is 25.3. The van der Waals surface area contributed by atoms with E-state index in [1.54, 1.807) is 12.1 Å². The van der Waals surface area contributed by atoms with E-state index in [0.717, 1.165) is 34.1 Å². The molecule has 7 nitrogen and oxygen atoms in total. The summed E-state index contributed by atoms with van der Waals surface area (Å²) in [6.45, 7) is 8.79. The number of halogens is 2. The van der Waals surface area contributed by atoms with E-state index in [4.69, 9.17) is 5.11 Å². The van der Waals surface area contributed by atoms with Crippen LogP contribution in [0, 0.1) is 18.3 Å². The number of aliphatic carboxylic acids is 1. The molecule has 0 spiro atoms. The van der Waals surface area contributed by atoms with Gasteiger partial charge in [0, 0.05) is 34.2 Å². The smallest absolute Gasteiger partial charge is 0.325 e. The summed E-state index contributed by atoms with van der Waals surface area (Å²) in [6, 6.07) is 14.9. The minimum atomic E-state index is -0.971. The average Bonchev–Trinajstić information content (AvgIpc) is 3.17. The molecular weight excluding hydrogens is 612 g/mol. The van der Waals surface area contributed by atoms with E-state index in [-0.39, 0.29) is 37.5 Å². The number of hydrogen-bond donors (Lipinski definition) is 2. The highest BCUT2D eigenvalue weighted by Crippen LogP contribution is 2.40. The van der Waals surface area contributed by atoms with Crippen LogP contribution in [0.3, 0.4) is 0 Å². The predicted octanol–water partition coefficient (Wildman–Crippen LogP) is 6.23. The lowest BCUT2D eigenvalue weighted by molar-refractivity contribution is -0.136. The Bertz CT molecular complexity index is 1150. The lowest BCUT2D eigenvalue weighted by Gasteiger charge is -2.37. The van der Waals surface area contributed by atoms with E-state index in [1.807, 2.05) is 60.0 Å².